The van der Waals surface area contributed by atoms with Crippen LogP contribution in [0.3, 0.4) is 0 Å². The number of rotatable bonds is 2. The Kier molecular flexibility index (Phi) is 2.71. The maximum atomic E-state index is 6.10. The number of nitrogens with one attached hydrogen (secondary N) is 1. The summed E-state index contributed by atoms with van der Waals surface area (Å²) >= 11 is 1.49. The van der Waals surface area contributed by atoms with Crippen molar-refractivity contribution in [3.63, 3.8) is 0 Å². The standard InChI is InChI=1S/C14H10N6S/c15-9-5-16-10-4-2-1-3-8(10)12(9)21-14-11-13(18-6-17-11)19-7-20-14/h1-7H,15H2,(H,17,18,19,20). The minimum atomic E-state index is 0.630. The number of aromatic nitrogens is 5. The highest BCUT2D eigenvalue weighted by atomic mass is 32.2. The van der Waals surface area contributed by atoms with Gasteiger partial charge in [-0.05, 0) is 6.07 Å². The second kappa shape index (κ2) is 4.71. The quantitative estimate of drug-likeness (QED) is 0.552. The van der Waals surface area contributed by atoms with E-state index in [1.54, 1.807) is 12.5 Å². The number of nitrogens with zero attached hydrogens (tertiary/aromatic N) is 4. The molecule has 3 heterocycles. The van der Waals surface area contributed by atoms with Gasteiger partial charge in [-0.3, -0.25) is 4.98 Å². The normalized spacial score (nSPS) is 11.2. The highest BCUT2D eigenvalue weighted by Gasteiger charge is 2.12. The molecule has 7 heteroatoms. The van der Waals surface area contributed by atoms with E-state index in [-0.39, 0.29) is 0 Å². The lowest BCUT2D eigenvalue weighted by Gasteiger charge is -2.08. The number of pyridine rings is 1. The number of benzene rings is 1. The van der Waals surface area contributed by atoms with Crippen molar-refractivity contribution in [2.45, 2.75) is 9.92 Å². The summed E-state index contributed by atoms with van der Waals surface area (Å²) in [7, 11) is 0. The fourth-order valence-electron chi connectivity index (χ4n) is 2.16. The summed E-state index contributed by atoms with van der Waals surface area (Å²) < 4.78 is 0. The molecule has 0 saturated carbocycles. The Morgan fingerprint density at radius 1 is 1.05 bits per heavy atom. The topological polar surface area (TPSA) is 93.4 Å². The largest absolute Gasteiger partial charge is 0.397 e. The van der Waals surface area contributed by atoms with Gasteiger partial charge in [-0.15, -0.1) is 0 Å². The van der Waals surface area contributed by atoms with Crippen LogP contribution in [0.15, 0.2) is 53.0 Å². The molecule has 3 aromatic heterocycles. The Morgan fingerprint density at radius 2 is 1.95 bits per heavy atom. The zero-order valence-electron chi connectivity index (χ0n) is 10.8. The molecule has 0 saturated heterocycles. The van der Waals surface area contributed by atoms with Gasteiger partial charge < -0.3 is 10.7 Å². The van der Waals surface area contributed by atoms with E-state index in [9.17, 15) is 0 Å². The Morgan fingerprint density at radius 3 is 2.90 bits per heavy atom. The van der Waals surface area contributed by atoms with Gasteiger partial charge >= 0.3 is 0 Å². The molecule has 4 aromatic rings. The molecule has 0 fully saturated rings. The van der Waals surface area contributed by atoms with E-state index in [2.05, 4.69) is 24.9 Å². The average molecular weight is 294 g/mol. The van der Waals surface area contributed by atoms with Crippen LogP contribution >= 0.6 is 11.8 Å². The number of nitrogen functional groups attached to an aromatic ring is 1. The number of H-pyrrole nitrogens is 1. The van der Waals surface area contributed by atoms with Gasteiger partial charge in [0.05, 0.1) is 23.7 Å². The summed E-state index contributed by atoms with van der Waals surface area (Å²) in [6.07, 6.45) is 4.79. The lowest BCUT2D eigenvalue weighted by molar-refractivity contribution is 1.09. The van der Waals surface area contributed by atoms with Crippen LogP contribution in [0.2, 0.25) is 0 Å². The van der Waals surface area contributed by atoms with Gasteiger partial charge in [0, 0.05) is 10.3 Å². The van der Waals surface area contributed by atoms with Gasteiger partial charge in [-0.2, -0.15) is 0 Å². The minimum Gasteiger partial charge on any atom is -0.397 e. The molecule has 3 N–H and O–H groups in total. The third-order valence-electron chi connectivity index (χ3n) is 3.14. The number of imidazole rings is 1. The molecule has 21 heavy (non-hydrogen) atoms. The van der Waals surface area contributed by atoms with E-state index in [1.165, 1.54) is 18.1 Å². The molecule has 0 radical (unpaired) electrons. The Hall–Kier alpha value is -2.67. The van der Waals surface area contributed by atoms with Crippen molar-refractivity contribution in [1.29, 1.82) is 0 Å². The number of hydrogen-bond donors (Lipinski definition) is 2. The van der Waals surface area contributed by atoms with Crippen molar-refractivity contribution in [2.75, 3.05) is 5.73 Å². The molecule has 0 aliphatic rings. The predicted octanol–water partition coefficient (Wildman–Crippen LogP) is 2.63. The summed E-state index contributed by atoms with van der Waals surface area (Å²) in [5.41, 5.74) is 9.09. The minimum absolute atomic E-state index is 0.630. The van der Waals surface area contributed by atoms with Crippen LogP contribution in [-0.4, -0.2) is 24.9 Å². The van der Waals surface area contributed by atoms with Crippen LogP contribution in [-0.2, 0) is 0 Å². The molecule has 4 rings (SSSR count). The smallest absolute Gasteiger partial charge is 0.181 e. The summed E-state index contributed by atoms with van der Waals surface area (Å²) in [5.74, 6) is 0. The predicted molar refractivity (Wildman–Crippen MR) is 82.0 cm³/mol. The van der Waals surface area contributed by atoms with Crippen molar-refractivity contribution >= 4 is 39.5 Å². The van der Waals surface area contributed by atoms with Crippen LogP contribution in [0.4, 0.5) is 5.69 Å². The van der Waals surface area contributed by atoms with Gasteiger partial charge in [0.15, 0.2) is 5.65 Å². The number of aromatic amines is 1. The molecular formula is C14H10N6S. The summed E-state index contributed by atoms with van der Waals surface area (Å²) in [6, 6.07) is 7.90. The third kappa shape index (κ3) is 1.98. The summed E-state index contributed by atoms with van der Waals surface area (Å²) in [6.45, 7) is 0. The van der Waals surface area contributed by atoms with Gasteiger partial charge in [0.1, 0.15) is 16.9 Å². The van der Waals surface area contributed by atoms with E-state index in [4.69, 9.17) is 5.73 Å². The first kappa shape index (κ1) is 12.1. The van der Waals surface area contributed by atoms with Crippen molar-refractivity contribution < 1.29 is 0 Å². The molecular weight excluding hydrogens is 284 g/mol. The van der Waals surface area contributed by atoms with Gasteiger partial charge in [-0.25, -0.2) is 15.0 Å². The molecule has 0 atom stereocenters. The molecule has 0 bridgehead atoms. The SMILES string of the molecule is Nc1cnc2ccccc2c1Sc1ncnc2nc[nH]c12. The van der Waals surface area contributed by atoms with Crippen LogP contribution in [0.5, 0.6) is 0 Å². The van der Waals surface area contributed by atoms with Crippen LogP contribution in [0, 0.1) is 0 Å². The molecule has 0 aliphatic carbocycles. The average Bonchev–Trinajstić information content (AvgIpc) is 2.99. The van der Waals surface area contributed by atoms with Crippen LogP contribution in [0.1, 0.15) is 0 Å². The molecule has 0 amide bonds. The highest BCUT2D eigenvalue weighted by molar-refractivity contribution is 7.99. The van der Waals surface area contributed by atoms with Crippen molar-refractivity contribution in [3.8, 4) is 0 Å². The van der Waals surface area contributed by atoms with E-state index in [0.717, 1.165) is 26.3 Å². The highest BCUT2D eigenvalue weighted by Crippen LogP contribution is 2.37. The second-order valence-electron chi connectivity index (χ2n) is 4.44. The van der Waals surface area contributed by atoms with Crippen LogP contribution < -0.4 is 5.73 Å². The third-order valence-corrected chi connectivity index (χ3v) is 4.30. The number of fused-ring (bicyclic) bond motifs is 2. The maximum absolute atomic E-state index is 6.10. The van der Waals surface area contributed by atoms with Gasteiger partial charge in [0.25, 0.3) is 0 Å². The molecule has 102 valence electrons. The number of nitrogens with two attached hydrogens (primary N) is 1. The summed E-state index contributed by atoms with van der Waals surface area (Å²) in [5, 5.41) is 1.80. The Bertz CT molecular complexity index is 948. The van der Waals surface area contributed by atoms with Gasteiger partial charge in [0.2, 0.25) is 0 Å². The van der Waals surface area contributed by atoms with E-state index in [0.29, 0.717) is 11.3 Å². The van der Waals surface area contributed by atoms with Crippen molar-refractivity contribution in [3.05, 3.63) is 43.1 Å². The number of para-hydroxylation sites is 1. The molecule has 6 nitrogen and oxygen atoms in total. The monoisotopic (exact) mass is 294 g/mol. The molecule has 1 aromatic carbocycles. The lowest BCUT2D eigenvalue weighted by Crippen LogP contribution is -1.93. The fourth-order valence-corrected chi connectivity index (χ4v) is 3.16. The Balaban J connectivity index is 1.91. The first-order chi connectivity index (χ1) is 10.3. The van der Waals surface area contributed by atoms with Crippen LogP contribution in [0.25, 0.3) is 22.1 Å². The van der Waals surface area contributed by atoms with E-state index in [1.807, 2.05) is 24.3 Å². The first-order valence-corrected chi connectivity index (χ1v) is 7.10. The van der Waals surface area contributed by atoms with E-state index < -0.39 is 0 Å². The molecule has 0 unspecified atom stereocenters. The Labute approximate surface area is 123 Å². The second-order valence-corrected chi connectivity index (χ2v) is 5.44. The fraction of sp³-hybridized carbons (Fsp3) is 0. The first-order valence-electron chi connectivity index (χ1n) is 6.28. The summed E-state index contributed by atoms with van der Waals surface area (Å²) in [4.78, 5) is 20.9. The van der Waals surface area contributed by atoms with Crippen molar-refractivity contribution in [2.24, 2.45) is 0 Å². The van der Waals surface area contributed by atoms with Crippen molar-refractivity contribution in [1.82, 2.24) is 24.9 Å². The van der Waals surface area contributed by atoms with Gasteiger partial charge in [-0.1, -0.05) is 30.0 Å². The number of hydrogen-bond acceptors (Lipinski definition) is 6. The maximum Gasteiger partial charge on any atom is 0.181 e. The lowest BCUT2D eigenvalue weighted by atomic mass is 10.2. The van der Waals surface area contributed by atoms with E-state index >= 15 is 0 Å². The number of anilines is 1. The zero-order valence-corrected chi connectivity index (χ0v) is 11.6. The molecule has 0 spiro atoms. The zero-order chi connectivity index (χ0) is 14.2. The molecule has 0 aliphatic heterocycles.